The minimum Gasteiger partial charge on any atom is -0.314 e. The molecule has 0 spiro atoms. The number of hydrogen-bond acceptors (Lipinski definition) is 2. The monoisotopic (exact) mass is 306 g/mol. The van der Waals surface area contributed by atoms with Gasteiger partial charge in [0.25, 0.3) is 0 Å². The average Bonchev–Trinajstić information content (AvgIpc) is 2.88. The molecule has 1 saturated heterocycles. The lowest BCUT2D eigenvalue weighted by Crippen LogP contribution is -2.42. The van der Waals surface area contributed by atoms with Crippen LogP contribution in [0.4, 0.5) is 0 Å². The highest BCUT2D eigenvalue weighted by atomic mass is 35.5. The average molecular weight is 307 g/mol. The van der Waals surface area contributed by atoms with Crippen LogP contribution in [0.5, 0.6) is 0 Å². The van der Waals surface area contributed by atoms with Crippen LogP contribution in [0.25, 0.3) is 0 Å². The van der Waals surface area contributed by atoms with Crippen LogP contribution in [0.1, 0.15) is 44.6 Å². The van der Waals surface area contributed by atoms with Crippen molar-refractivity contribution in [1.82, 2.24) is 10.2 Å². The molecule has 2 nitrogen and oxygen atoms in total. The zero-order valence-electron chi connectivity index (χ0n) is 13.2. The van der Waals surface area contributed by atoms with Crippen molar-refractivity contribution in [2.75, 3.05) is 19.6 Å². The molecule has 1 unspecified atom stereocenters. The van der Waals surface area contributed by atoms with E-state index >= 15 is 0 Å². The van der Waals surface area contributed by atoms with Gasteiger partial charge in [0, 0.05) is 23.7 Å². The van der Waals surface area contributed by atoms with E-state index in [-0.39, 0.29) is 0 Å². The standard InChI is InChI=1S/C18H27ClN2/c1-13(2)21-8-7-14(12-21)11-20-16-9-15(10-16)17-5-3-4-6-18(17)19/h3-6,13-16,20H,7-12H2,1-2H3. The van der Waals surface area contributed by atoms with Crippen molar-refractivity contribution in [2.45, 2.75) is 51.1 Å². The van der Waals surface area contributed by atoms with Crippen molar-refractivity contribution >= 4 is 11.6 Å². The summed E-state index contributed by atoms with van der Waals surface area (Å²) in [6.45, 7) is 8.33. The molecule has 1 atom stereocenters. The molecule has 2 fully saturated rings. The zero-order valence-corrected chi connectivity index (χ0v) is 13.9. The first-order valence-corrected chi connectivity index (χ1v) is 8.73. The Hall–Kier alpha value is -0.570. The molecule has 1 heterocycles. The first kappa shape index (κ1) is 15.3. The Morgan fingerprint density at radius 3 is 2.71 bits per heavy atom. The largest absolute Gasteiger partial charge is 0.314 e. The Labute approximate surface area is 133 Å². The minimum atomic E-state index is 0.659. The van der Waals surface area contributed by atoms with E-state index in [9.17, 15) is 0 Å². The van der Waals surface area contributed by atoms with E-state index in [4.69, 9.17) is 11.6 Å². The van der Waals surface area contributed by atoms with Crippen LogP contribution < -0.4 is 5.32 Å². The van der Waals surface area contributed by atoms with Gasteiger partial charge in [-0.15, -0.1) is 0 Å². The van der Waals surface area contributed by atoms with E-state index in [2.05, 4.69) is 36.2 Å². The summed E-state index contributed by atoms with van der Waals surface area (Å²) < 4.78 is 0. The SMILES string of the molecule is CC(C)N1CCC(CNC2CC(c3ccccc3Cl)C2)C1. The molecule has 1 aliphatic heterocycles. The first-order chi connectivity index (χ1) is 10.1. The summed E-state index contributed by atoms with van der Waals surface area (Å²) in [5.74, 6) is 1.50. The lowest BCUT2D eigenvalue weighted by molar-refractivity contribution is 0.250. The van der Waals surface area contributed by atoms with Gasteiger partial charge in [0.2, 0.25) is 0 Å². The first-order valence-electron chi connectivity index (χ1n) is 8.35. The van der Waals surface area contributed by atoms with Crippen molar-refractivity contribution in [1.29, 1.82) is 0 Å². The number of nitrogens with one attached hydrogen (secondary N) is 1. The maximum Gasteiger partial charge on any atom is 0.0440 e. The van der Waals surface area contributed by atoms with Gasteiger partial charge >= 0.3 is 0 Å². The summed E-state index contributed by atoms with van der Waals surface area (Å²) in [7, 11) is 0. The van der Waals surface area contributed by atoms with E-state index in [1.807, 2.05) is 12.1 Å². The van der Waals surface area contributed by atoms with Crippen molar-refractivity contribution in [3.63, 3.8) is 0 Å². The Morgan fingerprint density at radius 1 is 1.29 bits per heavy atom. The third kappa shape index (κ3) is 3.61. The van der Waals surface area contributed by atoms with Crippen LogP contribution in [0.3, 0.4) is 0 Å². The van der Waals surface area contributed by atoms with Crippen molar-refractivity contribution in [3.8, 4) is 0 Å². The predicted molar refractivity (Wildman–Crippen MR) is 90.0 cm³/mol. The molecule has 0 aromatic heterocycles. The molecule has 1 saturated carbocycles. The van der Waals surface area contributed by atoms with Crippen LogP contribution in [0, 0.1) is 5.92 Å². The highest BCUT2D eigenvalue weighted by Crippen LogP contribution is 2.40. The molecule has 1 N–H and O–H groups in total. The maximum atomic E-state index is 6.28. The quantitative estimate of drug-likeness (QED) is 0.887. The van der Waals surface area contributed by atoms with Gasteiger partial charge in [0.05, 0.1) is 0 Å². The zero-order chi connectivity index (χ0) is 14.8. The molecule has 3 rings (SSSR count). The van der Waals surface area contributed by atoms with Crippen molar-refractivity contribution < 1.29 is 0 Å². The fraction of sp³-hybridized carbons (Fsp3) is 0.667. The molecule has 1 aromatic carbocycles. The third-order valence-corrected chi connectivity index (χ3v) is 5.57. The molecule has 3 heteroatoms. The van der Waals surface area contributed by atoms with Crippen molar-refractivity contribution in [3.05, 3.63) is 34.9 Å². The maximum absolute atomic E-state index is 6.28. The van der Waals surface area contributed by atoms with Gasteiger partial charge in [0.1, 0.15) is 0 Å². The summed E-state index contributed by atoms with van der Waals surface area (Å²) in [5, 5.41) is 4.70. The molecule has 1 aromatic rings. The van der Waals surface area contributed by atoms with Crippen LogP contribution >= 0.6 is 11.6 Å². The number of hydrogen-bond donors (Lipinski definition) is 1. The Balaban J connectivity index is 1.39. The van der Waals surface area contributed by atoms with Gasteiger partial charge in [0.15, 0.2) is 0 Å². The van der Waals surface area contributed by atoms with Crippen LogP contribution in [0.2, 0.25) is 5.02 Å². The molecule has 0 amide bonds. The molecule has 0 bridgehead atoms. The van der Waals surface area contributed by atoms with Gasteiger partial charge in [-0.05, 0) is 69.7 Å². The topological polar surface area (TPSA) is 15.3 Å². The number of nitrogens with zero attached hydrogens (tertiary/aromatic N) is 1. The Kier molecular flexibility index (Phi) is 4.88. The third-order valence-electron chi connectivity index (χ3n) is 5.23. The molecular weight excluding hydrogens is 280 g/mol. The van der Waals surface area contributed by atoms with E-state index < -0.39 is 0 Å². The van der Waals surface area contributed by atoms with E-state index in [0.717, 1.165) is 10.9 Å². The second-order valence-corrected chi connectivity index (χ2v) is 7.45. The number of rotatable bonds is 5. The van der Waals surface area contributed by atoms with Gasteiger partial charge in [-0.1, -0.05) is 29.8 Å². The summed E-state index contributed by atoms with van der Waals surface area (Å²) >= 11 is 6.28. The van der Waals surface area contributed by atoms with Gasteiger partial charge in [-0.3, -0.25) is 0 Å². The summed E-state index contributed by atoms with van der Waals surface area (Å²) in [5.41, 5.74) is 1.34. The summed E-state index contributed by atoms with van der Waals surface area (Å²) in [6, 6.07) is 9.70. The smallest absolute Gasteiger partial charge is 0.0440 e. The molecule has 116 valence electrons. The second kappa shape index (κ2) is 6.68. The Morgan fingerprint density at radius 2 is 2.05 bits per heavy atom. The van der Waals surface area contributed by atoms with Gasteiger partial charge in [-0.2, -0.15) is 0 Å². The number of halogens is 1. The summed E-state index contributed by atoms with van der Waals surface area (Å²) in [6.07, 6.45) is 3.83. The van der Waals surface area contributed by atoms with Crippen LogP contribution in [0.15, 0.2) is 24.3 Å². The normalized spacial score (nSPS) is 29.8. The van der Waals surface area contributed by atoms with Crippen LogP contribution in [-0.4, -0.2) is 36.6 Å². The van der Waals surface area contributed by atoms with Crippen LogP contribution in [-0.2, 0) is 0 Å². The Bertz CT molecular complexity index is 468. The van der Waals surface area contributed by atoms with Gasteiger partial charge in [-0.25, -0.2) is 0 Å². The number of likely N-dealkylation sites (tertiary alicyclic amines) is 1. The fourth-order valence-corrected chi connectivity index (χ4v) is 3.97. The lowest BCUT2D eigenvalue weighted by atomic mass is 9.75. The van der Waals surface area contributed by atoms with E-state index in [1.54, 1.807) is 0 Å². The van der Waals surface area contributed by atoms with E-state index in [1.165, 1.54) is 44.5 Å². The molecule has 21 heavy (non-hydrogen) atoms. The molecule has 1 aliphatic carbocycles. The highest BCUT2D eigenvalue weighted by molar-refractivity contribution is 6.31. The fourth-order valence-electron chi connectivity index (χ4n) is 3.68. The molecule has 0 radical (unpaired) electrons. The lowest BCUT2D eigenvalue weighted by Gasteiger charge is -2.37. The van der Waals surface area contributed by atoms with Gasteiger partial charge < -0.3 is 10.2 Å². The molecule has 2 aliphatic rings. The second-order valence-electron chi connectivity index (χ2n) is 7.04. The van der Waals surface area contributed by atoms with E-state index in [0.29, 0.717) is 18.0 Å². The predicted octanol–water partition coefficient (Wildman–Crippen LogP) is 3.91. The number of benzene rings is 1. The minimum absolute atomic E-state index is 0.659. The highest BCUT2D eigenvalue weighted by Gasteiger charge is 2.32. The van der Waals surface area contributed by atoms with Crippen molar-refractivity contribution in [2.24, 2.45) is 5.92 Å². The summed E-state index contributed by atoms with van der Waals surface area (Å²) in [4.78, 5) is 2.60. The molecular formula is C18H27ClN2.